The number of ether oxygens (including phenoxy) is 1. The Bertz CT molecular complexity index is 457. The molecule has 1 saturated heterocycles. The van der Waals surface area contributed by atoms with Crippen LogP contribution in [0, 0.1) is 11.3 Å². The van der Waals surface area contributed by atoms with Crippen LogP contribution in [0.2, 0.25) is 0 Å². The van der Waals surface area contributed by atoms with Crippen molar-refractivity contribution in [3.05, 3.63) is 24.3 Å². The number of benzene rings is 1. The molecule has 0 bridgehead atoms. The molecule has 0 aromatic heterocycles. The predicted molar refractivity (Wildman–Crippen MR) is 76.1 cm³/mol. The van der Waals surface area contributed by atoms with Gasteiger partial charge in [0.1, 0.15) is 11.3 Å². The number of anilines is 1. The topological polar surface area (TPSA) is 45.0 Å². The summed E-state index contributed by atoms with van der Waals surface area (Å²) in [7, 11) is 1.65. The molecule has 0 saturated carbocycles. The average Bonchev–Trinajstić information content (AvgIpc) is 2.42. The lowest BCUT2D eigenvalue weighted by molar-refractivity contribution is 0.414. The second kappa shape index (κ2) is 5.53. The Morgan fingerprint density at radius 3 is 3.06 bits per heavy atom. The smallest absolute Gasteiger partial charge is 0.137 e. The van der Waals surface area contributed by atoms with Crippen LogP contribution in [-0.2, 0) is 0 Å². The van der Waals surface area contributed by atoms with E-state index >= 15 is 0 Å². The summed E-state index contributed by atoms with van der Waals surface area (Å²) in [6, 6.07) is 10.2. The largest absolute Gasteiger partial charge is 0.497 e. The van der Waals surface area contributed by atoms with Crippen molar-refractivity contribution in [3.63, 3.8) is 0 Å². The van der Waals surface area contributed by atoms with Crippen LogP contribution in [0.4, 0.5) is 5.69 Å². The molecular formula is C14H18N2OS. The molecule has 2 atom stereocenters. The Morgan fingerprint density at radius 2 is 2.39 bits per heavy atom. The van der Waals surface area contributed by atoms with E-state index in [1.54, 1.807) is 7.11 Å². The van der Waals surface area contributed by atoms with Crippen LogP contribution < -0.4 is 10.1 Å². The van der Waals surface area contributed by atoms with Crippen molar-refractivity contribution in [2.75, 3.05) is 18.2 Å². The van der Waals surface area contributed by atoms with Crippen molar-refractivity contribution >= 4 is 17.4 Å². The Kier molecular flexibility index (Phi) is 4.03. The molecule has 2 rings (SSSR count). The minimum absolute atomic E-state index is 0.294. The van der Waals surface area contributed by atoms with Gasteiger partial charge in [-0.1, -0.05) is 6.07 Å². The summed E-state index contributed by atoms with van der Waals surface area (Å²) in [6.07, 6.45) is 1.98. The quantitative estimate of drug-likeness (QED) is 0.908. The van der Waals surface area contributed by atoms with Crippen LogP contribution >= 0.6 is 11.8 Å². The molecule has 0 radical (unpaired) electrons. The molecule has 3 nitrogen and oxygen atoms in total. The summed E-state index contributed by atoms with van der Waals surface area (Å²) in [5, 5.41) is 13.2. The van der Waals surface area contributed by atoms with Crippen LogP contribution in [0.3, 0.4) is 0 Å². The number of nitrogens with one attached hydrogen (secondary N) is 1. The SMILES string of the molecule is COc1cccc(NC2(C#N)CCCSC2C)c1. The molecule has 1 aromatic rings. The van der Waals surface area contributed by atoms with Gasteiger partial charge in [0.25, 0.3) is 0 Å². The number of nitriles is 1. The van der Waals surface area contributed by atoms with Gasteiger partial charge in [0.05, 0.1) is 13.2 Å². The summed E-state index contributed by atoms with van der Waals surface area (Å²) in [4.78, 5) is 0. The molecule has 1 aliphatic heterocycles. The highest BCUT2D eigenvalue weighted by Gasteiger charge is 2.39. The highest BCUT2D eigenvalue weighted by atomic mass is 32.2. The van der Waals surface area contributed by atoms with Gasteiger partial charge < -0.3 is 10.1 Å². The zero-order valence-electron chi connectivity index (χ0n) is 10.8. The first kappa shape index (κ1) is 13.1. The predicted octanol–water partition coefficient (Wildman–Crippen LogP) is 3.28. The van der Waals surface area contributed by atoms with Crippen molar-refractivity contribution in [2.45, 2.75) is 30.6 Å². The molecule has 1 aromatic carbocycles. The molecule has 1 fully saturated rings. The summed E-state index contributed by atoms with van der Waals surface area (Å²) in [6.45, 7) is 2.13. The van der Waals surface area contributed by atoms with Crippen molar-refractivity contribution < 1.29 is 4.74 Å². The molecule has 2 unspecified atom stereocenters. The number of nitrogens with zero attached hydrogens (tertiary/aromatic N) is 1. The van der Waals surface area contributed by atoms with Gasteiger partial charge in [-0.05, 0) is 37.7 Å². The molecular weight excluding hydrogens is 244 g/mol. The van der Waals surface area contributed by atoms with Gasteiger partial charge in [0.15, 0.2) is 0 Å². The number of hydrogen-bond donors (Lipinski definition) is 1. The summed E-state index contributed by atoms with van der Waals surface area (Å²) in [5.41, 5.74) is 0.486. The van der Waals surface area contributed by atoms with E-state index in [-0.39, 0.29) is 0 Å². The summed E-state index contributed by atoms with van der Waals surface area (Å²) >= 11 is 1.86. The lowest BCUT2D eigenvalue weighted by Gasteiger charge is -2.37. The van der Waals surface area contributed by atoms with E-state index in [1.165, 1.54) is 0 Å². The first-order chi connectivity index (χ1) is 8.70. The lowest BCUT2D eigenvalue weighted by Crippen LogP contribution is -2.47. The standard InChI is InChI=1S/C14H18N2OS/c1-11-14(10-15,7-4-8-18-11)16-12-5-3-6-13(9-12)17-2/h3,5-6,9,11,16H,4,7-8H2,1-2H3. The minimum Gasteiger partial charge on any atom is -0.497 e. The number of thioether (sulfide) groups is 1. The highest BCUT2D eigenvalue weighted by Crippen LogP contribution is 2.36. The maximum atomic E-state index is 9.54. The van der Waals surface area contributed by atoms with Gasteiger partial charge in [-0.15, -0.1) is 0 Å². The van der Waals surface area contributed by atoms with Crippen molar-refractivity contribution in [1.82, 2.24) is 0 Å². The minimum atomic E-state index is -0.463. The molecule has 0 aliphatic carbocycles. The number of rotatable bonds is 3. The summed E-state index contributed by atoms with van der Waals surface area (Å²) < 4.78 is 5.21. The van der Waals surface area contributed by atoms with Crippen LogP contribution in [-0.4, -0.2) is 23.7 Å². The third kappa shape index (κ3) is 2.56. The van der Waals surface area contributed by atoms with Crippen molar-refractivity contribution in [1.29, 1.82) is 5.26 Å². The normalized spacial score (nSPS) is 27.3. The third-order valence-electron chi connectivity index (χ3n) is 3.41. The first-order valence-corrected chi connectivity index (χ1v) is 7.20. The maximum absolute atomic E-state index is 9.54. The van der Waals surface area contributed by atoms with Gasteiger partial charge in [-0.3, -0.25) is 0 Å². The second-order valence-electron chi connectivity index (χ2n) is 4.56. The van der Waals surface area contributed by atoms with Crippen LogP contribution in [0.25, 0.3) is 0 Å². The molecule has 1 N–H and O–H groups in total. The Hall–Kier alpha value is -1.34. The van der Waals surface area contributed by atoms with Crippen LogP contribution in [0.1, 0.15) is 19.8 Å². The van der Waals surface area contributed by atoms with Crippen molar-refractivity contribution in [3.8, 4) is 11.8 Å². The van der Waals surface area contributed by atoms with Gasteiger partial charge in [0.2, 0.25) is 0 Å². The van der Waals surface area contributed by atoms with Gasteiger partial charge >= 0.3 is 0 Å². The van der Waals surface area contributed by atoms with E-state index in [0.717, 1.165) is 30.0 Å². The molecule has 1 heterocycles. The highest BCUT2D eigenvalue weighted by molar-refractivity contribution is 8.00. The van der Waals surface area contributed by atoms with Crippen LogP contribution in [0.5, 0.6) is 5.75 Å². The van der Waals surface area contributed by atoms with Gasteiger partial charge in [0, 0.05) is 17.0 Å². The zero-order chi connectivity index (χ0) is 13.0. The molecule has 96 valence electrons. The molecule has 4 heteroatoms. The lowest BCUT2D eigenvalue weighted by atomic mass is 9.91. The fraction of sp³-hybridized carbons (Fsp3) is 0.500. The molecule has 0 amide bonds. The Balaban J connectivity index is 2.21. The fourth-order valence-corrected chi connectivity index (χ4v) is 3.43. The average molecular weight is 262 g/mol. The monoisotopic (exact) mass is 262 g/mol. The third-order valence-corrected chi connectivity index (χ3v) is 4.84. The molecule has 1 aliphatic rings. The number of hydrogen-bond acceptors (Lipinski definition) is 4. The molecule has 18 heavy (non-hydrogen) atoms. The Labute approximate surface area is 113 Å². The number of methoxy groups -OCH3 is 1. The molecule has 0 spiro atoms. The van der Waals surface area contributed by atoms with Gasteiger partial charge in [-0.2, -0.15) is 17.0 Å². The fourth-order valence-electron chi connectivity index (χ4n) is 2.25. The zero-order valence-corrected chi connectivity index (χ0v) is 11.6. The van der Waals surface area contributed by atoms with E-state index in [9.17, 15) is 5.26 Å². The van der Waals surface area contributed by atoms with Crippen molar-refractivity contribution in [2.24, 2.45) is 0 Å². The van der Waals surface area contributed by atoms with E-state index in [1.807, 2.05) is 36.0 Å². The van der Waals surface area contributed by atoms with E-state index in [0.29, 0.717) is 5.25 Å². The van der Waals surface area contributed by atoms with E-state index < -0.39 is 5.54 Å². The Morgan fingerprint density at radius 1 is 1.56 bits per heavy atom. The second-order valence-corrected chi connectivity index (χ2v) is 6.01. The van der Waals surface area contributed by atoms with E-state index in [2.05, 4.69) is 18.3 Å². The maximum Gasteiger partial charge on any atom is 0.137 e. The van der Waals surface area contributed by atoms with Gasteiger partial charge in [-0.25, -0.2) is 0 Å². The summed E-state index contributed by atoms with van der Waals surface area (Å²) in [5.74, 6) is 1.95. The van der Waals surface area contributed by atoms with E-state index in [4.69, 9.17) is 4.74 Å². The van der Waals surface area contributed by atoms with Crippen LogP contribution in [0.15, 0.2) is 24.3 Å². The first-order valence-electron chi connectivity index (χ1n) is 6.15.